The molecule has 0 fully saturated rings. The molecule has 112 valence electrons. The van der Waals surface area contributed by atoms with E-state index in [1.54, 1.807) is 0 Å². The molecule has 0 amide bonds. The van der Waals surface area contributed by atoms with Gasteiger partial charge in [-0.3, -0.25) is 9.69 Å². The van der Waals surface area contributed by atoms with E-state index in [0.717, 1.165) is 19.6 Å². The molecule has 0 bridgehead atoms. The predicted molar refractivity (Wildman–Crippen MR) is 81.7 cm³/mol. The Morgan fingerprint density at radius 2 is 1.65 bits per heavy atom. The number of likely N-dealkylation sites (N-methyl/N-ethyl adjacent to an activating group) is 1. The Labute approximate surface area is 122 Å². The smallest absolute Gasteiger partial charge is 0.317 e. The van der Waals surface area contributed by atoms with Gasteiger partial charge in [-0.15, -0.1) is 0 Å². The van der Waals surface area contributed by atoms with Crippen molar-refractivity contribution >= 4 is 5.97 Å². The van der Waals surface area contributed by atoms with Crippen LogP contribution in [0, 0.1) is 5.41 Å². The Morgan fingerprint density at radius 1 is 1.10 bits per heavy atom. The molecule has 4 nitrogen and oxygen atoms in total. The number of aliphatic carboxylic acids is 1. The quantitative estimate of drug-likeness (QED) is 0.791. The van der Waals surface area contributed by atoms with Gasteiger partial charge in [0.2, 0.25) is 0 Å². The number of carboxylic acid groups (broad SMARTS) is 1. The third-order valence-corrected chi connectivity index (χ3v) is 3.10. The third kappa shape index (κ3) is 6.68. The van der Waals surface area contributed by atoms with Crippen molar-refractivity contribution in [2.24, 2.45) is 5.41 Å². The molecule has 1 N–H and O–H groups in total. The minimum Gasteiger partial charge on any atom is -0.480 e. The zero-order chi connectivity index (χ0) is 15.2. The molecule has 0 aromatic heterocycles. The molecule has 20 heavy (non-hydrogen) atoms. The molecule has 0 saturated carbocycles. The average Bonchev–Trinajstić information content (AvgIpc) is 2.26. The van der Waals surface area contributed by atoms with Crippen LogP contribution in [-0.2, 0) is 11.3 Å². The van der Waals surface area contributed by atoms with Gasteiger partial charge in [-0.25, -0.2) is 0 Å². The molecule has 1 aromatic carbocycles. The number of hydrogen-bond acceptors (Lipinski definition) is 3. The molecule has 1 rings (SSSR count). The highest BCUT2D eigenvalue weighted by molar-refractivity contribution is 5.69. The second-order valence-corrected chi connectivity index (χ2v) is 6.39. The molecule has 0 aliphatic rings. The maximum absolute atomic E-state index is 10.7. The van der Waals surface area contributed by atoms with Crippen LogP contribution in [-0.4, -0.2) is 54.6 Å². The lowest BCUT2D eigenvalue weighted by atomic mass is 9.92. The van der Waals surface area contributed by atoms with Crippen LogP contribution in [0.3, 0.4) is 0 Å². The van der Waals surface area contributed by atoms with Crippen molar-refractivity contribution in [2.75, 3.05) is 33.7 Å². The summed E-state index contributed by atoms with van der Waals surface area (Å²) in [7, 11) is 3.96. The molecule has 0 unspecified atom stereocenters. The van der Waals surface area contributed by atoms with E-state index in [1.165, 1.54) is 5.56 Å². The first-order valence-corrected chi connectivity index (χ1v) is 6.91. The van der Waals surface area contributed by atoms with Crippen LogP contribution in [0.1, 0.15) is 19.4 Å². The number of carbonyl (C=O) groups is 1. The summed E-state index contributed by atoms with van der Waals surface area (Å²) >= 11 is 0. The van der Waals surface area contributed by atoms with Crippen LogP contribution in [0.25, 0.3) is 0 Å². The number of carboxylic acids is 1. The van der Waals surface area contributed by atoms with E-state index in [4.69, 9.17) is 5.11 Å². The second-order valence-electron chi connectivity index (χ2n) is 6.39. The summed E-state index contributed by atoms with van der Waals surface area (Å²) in [4.78, 5) is 14.8. The molecule has 4 heteroatoms. The van der Waals surface area contributed by atoms with Crippen molar-refractivity contribution in [2.45, 2.75) is 20.4 Å². The molecule has 0 spiro atoms. The van der Waals surface area contributed by atoms with Gasteiger partial charge in [0.05, 0.1) is 6.54 Å². The van der Waals surface area contributed by atoms with Crippen molar-refractivity contribution in [3.05, 3.63) is 35.9 Å². The minimum atomic E-state index is -0.777. The first-order chi connectivity index (χ1) is 9.28. The van der Waals surface area contributed by atoms with Gasteiger partial charge in [-0.05, 0) is 25.1 Å². The average molecular weight is 278 g/mol. The fourth-order valence-corrected chi connectivity index (χ4v) is 2.75. The molecule has 0 heterocycles. The number of benzene rings is 1. The highest BCUT2D eigenvalue weighted by atomic mass is 16.4. The largest absolute Gasteiger partial charge is 0.480 e. The van der Waals surface area contributed by atoms with Gasteiger partial charge in [-0.2, -0.15) is 0 Å². The summed E-state index contributed by atoms with van der Waals surface area (Å²) in [6.07, 6.45) is 0. The summed E-state index contributed by atoms with van der Waals surface area (Å²) in [5.74, 6) is -0.777. The van der Waals surface area contributed by atoms with Gasteiger partial charge in [0.1, 0.15) is 0 Å². The maximum Gasteiger partial charge on any atom is 0.317 e. The first-order valence-electron chi connectivity index (χ1n) is 6.91. The number of nitrogens with zero attached hydrogens (tertiary/aromatic N) is 2. The highest BCUT2D eigenvalue weighted by Gasteiger charge is 2.23. The Balaban J connectivity index is 2.46. The Hall–Kier alpha value is -1.39. The van der Waals surface area contributed by atoms with Gasteiger partial charge < -0.3 is 10.0 Å². The molecular weight excluding hydrogens is 252 g/mol. The van der Waals surface area contributed by atoms with E-state index < -0.39 is 5.97 Å². The van der Waals surface area contributed by atoms with Crippen molar-refractivity contribution in [1.29, 1.82) is 0 Å². The van der Waals surface area contributed by atoms with E-state index >= 15 is 0 Å². The van der Waals surface area contributed by atoms with Crippen LogP contribution >= 0.6 is 0 Å². The van der Waals surface area contributed by atoms with Crippen molar-refractivity contribution < 1.29 is 9.90 Å². The normalized spacial score (nSPS) is 12.1. The molecule has 1 aromatic rings. The second kappa shape index (κ2) is 7.41. The standard InChI is InChI=1S/C16H26N2O2/c1-16(2,13-18(4)11-15(19)20)12-17(3)10-14-8-6-5-7-9-14/h5-9H,10-13H2,1-4H3,(H,19,20). The Morgan fingerprint density at radius 3 is 2.20 bits per heavy atom. The molecule has 0 aliphatic carbocycles. The van der Waals surface area contributed by atoms with E-state index in [1.807, 2.05) is 18.0 Å². The lowest BCUT2D eigenvalue weighted by Crippen LogP contribution is -2.41. The summed E-state index contributed by atoms with van der Waals surface area (Å²) in [5.41, 5.74) is 1.35. The maximum atomic E-state index is 10.7. The fourth-order valence-electron chi connectivity index (χ4n) is 2.75. The molecule has 0 atom stereocenters. The van der Waals surface area contributed by atoms with Gasteiger partial charge in [-0.1, -0.05) is 44.2 Å². The molecule has 0 radical (unpaired) electrons. The SMILES string of the molecule is CN(CC(=O)O)CC(C)(C)CN(C)Cc1ccccc1. The number of rotatable bonds is 8. The van der Waals surface area contributed by atoms with E-state index in [9.17, 15) is 4.79 Å². The van der Waals surface area contributed by atoms with E-state index in [0.29, 0.717) is 0 Å². The summed E-state index contributed by atoms with van der Waals surface area (Å²) in [6.45, 7) is 7.03. The van der Waals surface area contributed by atoms with Crippen molar-refractivity contribution in [3.8, 4) is 0 Å². The van der Waals surface area contributed by atoms with Crippen LogP contribution in [0.2, 0.25) is 0 Å². The van der Waals surface area contributed by atoms with Gasteiger partial charge >= 0.3 is 5.97 Å². The monoisotopic (exact) mass is 278 g/mol. The Kier molecular flexibility index (Phi) is 6.17. The molecule has 0 saturated heterocycles. The van der Waals surface area contributed by atoms with Crippen LogP contribution in [0.4, 0.5) is 0 Å². The molecule has 0 aliphatic heterocycles. The van der Waals surface area contributed by atoms with E-state index in [-0.39, 0.29) is 12.0 Å². The van der Waals surface area contributed by atoms with Crippen LogP contribution < -0.4 is 0 Å². The third-order valence-electron chi connectivity index (χ3n) is 3.10. The van der Waals surface area contributed by atoms with Gasteiger partial charge in [0.15, 0.2) is 0 Å². The van der Waals surface area contributed by atoms with Crippen molar-refractivity contribution in [1.82, 2.24) is 9.80 Å². The minimum absolute atomic E-state index is 0.0493. The first kappa shape index (κ1) is 16.7. The van der Waals surface area contributed by atoms with Crippen LogP contribution in [0.15, 0.2) is 30.3 Å². The highest BCUT2D eigenvalue weighted by Crippen LogP contribution is 2.18. The topological polar surface area (TPSA) is 43.8 Å². The summed E-state index contributed by atoms with van der Waals surface area (Å²) in [6, 6.07) is 10.4. The zero-order valence-corrected chi connectivity index (χ0v) is 13.0. The molecular formula is C16H26N2O2. The number of hydrogen-bond donors (Lipinski definition) is 1. The lowest BCUT2D eigenvalue weighted by molar-refractivity contribution is -0.138. The van der Waals surface area contributed by atoms with Gasteiger partial charge in [0, 0.05) is 19.6 Å². The summed E-state index contributed by atoms with van der Waals surface area (Å²) < 4.78 is 0. The van der Waals surface area contributed by atoms with Crippen molar-refractivity contribution in [3.63, 3.8) is 0 Å². The summed E-state index contributed by atoms with van der Waals surface area (Å²) in [5, 5.41) is 8.81. The van der Waals surface area contributed by atoms with E-state index in [2.05, 4.69) is 50.1 Å². The van der Waals surface area contributed by atoms with Crippen LogP contribution in [0.5, 0.6) is 0 Å². The zero-order valence-electron chi connectivity index (χ0n) is 13.0. The Bertz CT molecular complexity index is 418. The van der Waals surface area contributed by atoms with Gasteiger partial charge in [0.25, 0.3) is 0 Å². The predicted octanol–water partition coefficient (Wildman–Crippen LogP) is 2.16. The lowest BCUT2D eigenvalue weighted by Gasteiger charge is -2.33. The fraction of sp³-hybridized carbons (Fsp3) is 0.562.